The zero-order valence-electron chi connectivity index (χ0n) is 6.10. The van der Waals surface area contributed by atoms with E-state index in [2.05, 4.69) is 0 Å². The molecular formula is C8H10O3. The van der Waals surface area contributed by atoms with Crippen LogP contribution in [0.3, 0.4) is 0 Å². The smallest absolute Gasteiger partial charge is 0.110 e. The summed E-state index contributed by atoms with van der Waals surface area (Å²) in [7, 11) is 0. The molecule has 0 aromatic carbocycles. The summed E-state index contributed by atoms with van der Waals surface area (Å²) < 4.78 is 16.7. The summed E-state index contributed by atoms with van der Waals surface area (Å²) in [4.78, 5) is 0. The van der Waals surface area contributed by atoms with Crippen LogP contribution in [0.15, 0.2) is 0 Å². The van der Waals surface area contributed by atoms with E-state index in [0.29, 0.717) is 36.6 Å². The Morgan fingerprint density at radius 1 is 0.636 bits per heavy atom. The van der Waals surface area contributed by atoms with Gasteiger partial charge in [-0.3, -0.25) is 0 Å². The maximum atomic E-state index is 5.78. The minimum absolute atomic E-state index is 0.363. The van der Waals surface area contributed by atoms with Gasteiger partial charge < -0.3 is 14.2 Å². The van der Waals surface area contributed by atoms with Crippen molar-refractivity contribution in [3.05, 3.63) is 0 Å². The molecule has 4 rings (SSSR count). The Labute approximate surface area is 64.6 Å². The van der Waals surface area contributed by atoms with Crippen molar-refractivity contribution in [2.75, 3.05) is 0 Å². The standard InChI is InChI=1S/C8H10O3/c1-3-7-6(11-7)2-4(9-3)8-5(1)10-8/h3-8H,1-2H2/t3-,4-,5-,6+,7-,8+/m1/s1. The van der Waals surface area contributed by atoms with Gasteiger partial charge in [0.15, 0.2) is 0 Å². The zero-order valence-corrected chi connectivity index (χ0v) is 6.10. The molecule has 0 saturated carbocycles. The van der Waals surface area contributed by atoms with Crippen LogP contribution in [0.2, 0.25) is 0 Å². The number of rotatable bonds is 0. The van der Waals surface area contributed by atoms with Gasteiger partial charge in [0.1, 0.15) is 12.2 Å². The normalized spacial score (nSPS) is 69.8. The summed E-state index contributed by atoms with van der Waals surface area (Å²) >= 11 is 0. The van der Waals surface area contributed by atoms with E-state index < -0.39 is 0 Å². The van der Waals surface area contributed by atoms with Crippen LogP contribution in [-0.4, -0.2) is 36.6 Å². The van der Waals surface area contributed by atoms with Crippen LogP contribution >= 0.6 is 0 Å². The molecule has 0 spiro atoms. The van der Waals surface area contributed by atoms with Crippen LogP contribution in [0.1, 0.15) is 12.8 Å². The summed E-state index contributed by atoms with van der Waals surface area (Å²) in [6.45, 7) is 0. The number of hydrogen-bond donors (Lipinski definition) is 0. The van der Waals surface area contributed by atoms with Gasteiger partial charge in [0, 0.05) is 12.8 Å². The highest BCUT2D eigenvalue weighted by Crippen LogP contribution is 2.49. The minimum atomic E-state index is 0.363. The fourth-order valence-corrected chi connectivity index (χ4v) is 2.56. The molecule has 11 heavy (non-hydrogen) atoms. The minimum Gasteiger partial charge on any atom is -0.369 e. The predicted octanol–water partition coefficient (Wildman–Crippen LogP) is 0.0824. The molecule has 0 radical (unpaired) electrons. The Hall–Kier alpha value is -0.120. The molecule has 3 nitrogen and oxygen atoms in total. The molecule has 6 atom stereocenters. The molecule has 4 heterocycles. The molecule has 4 aliphatic heterocycles. The van der Waals surface area contributed by atoms with Crippen LogP contribution in [0.4, 0.5) is 0 Å². The second-order valence-corrected chi connectivity index (χ2v) is 3.96. The fourth-order valence-electron chi connectivity index (χ4n) is 2.56. The first kappa shape index (κ1) is 5.51. The molecule has 0 aromatic rings. The molecule has 60 valence electrons. The summed E-state index contributed by atoms with van der Waals surface area (Å²) in [6.07, 6.45) is 4.76. The van der Waals surface area contributed by atoms with E-state index in [1.807, 2.05) is 0 Å². The number of hydrogen-bond acceptors (Lipinski definition) is 3. The van der Waals surface area contributed by atoms with Gasteiger partial charge in [0.25, 0.3) is 0 Å². The Morgan fingerprint density at radius 3 is 1.64 bits per heavy atom. The van der Waals surface area contributed by atoms with Gasteiger partial charge in [0.2, 0.25) is 0 Å². The highest BCUT2D eigenvalue weighted by Gasteiger charge is 2.62. The quantitative estimate of drug-likeness (QED) is 0.463. The number of ether oxygens (including phenoxy) is 3. The molecule has 4 saturated heterocycles. The van der Waals surface area contributed by atoms with Crippen molar-refractivity contribution in [3.8, 4) is 0 Å². The lowest BCUT2D eigenvalue weighted by atomic mass is 9.92. The lowest BCUT2D eigenvalue weighted by Gasteiger charge is -2.29. The van der Waals surface area contributed by atoms with Crippen molar-refractivity contribution in [1.82, 2.24) is 0 Å². The van der Waals surface area contributed by atoms with Crippen LogP contribution in [0, 0.1) is 0 Å². The van der Waals surface area contributed by atoms with Crippen molar-refractivity contribution >= 4 is 0 Å². The Bertz CT molecular complexity index is 195. The lowest BCUT2D eigenvalue weighted by Crippen LogP contribution is -2.42. The first-order valence-electron chi connectivity index (χ1n) is 4.38. The van der Waals surface area contributed by atoms with Gasteiger partial charge in [-0.2, -0.15) is 0 Å². The maximum absolute atomic E-state index is 5.78. The van der Waals surface area contributed by atoms with Crippen LogP contribution < -0.4 is 0 Å². The number of epoxide rings is 2. The first-order chi connectivity index (χ1) is 5.42. The highest BCUT2D eigenvalue weighted by atomic mass is 16.7. The summed E-state index contributed by atoms with van der Waals surface area (Å²) in [5.41, 5.74) is 0. The monoisotopic (exact) mass is 154 g/mol. The van der Waals surface area contributed by atoms with Crippen LogP contribution in [0.5, 0.6) is 0 Å². The summed E-state index contributed by atoms with van der Waals surface area (Å²) in [6, 6.07) is 0. The van der Waals surface area contributed by atoms with Crippen molar-refractivity contribution in [3.63, 3.8) is 0 Å². The van der Waals surface area contributed by atoms with Crippen molar-refractivity contribution in [2.45, 2.75) is 49.5 Å². The van der Waals surface area contributed by atoms with Crippen molar-refractivity contribution in [2.24, 2.45) is 0 Å². The molecule has 2 bridgehead atoms. The maximum Gasteiger partial charge on any atom is 0.110 e. The van der Waals surface area contributed by atoms with Crippen molar-refractivity contribution < 1.29 is 14.2 Å². The Balaban J connectivity index is 1.70. The first-order valence-corrected chi connectivity index (χ1v) is 4.38. The molecule has 3 heteroatoms. The van der Waals surface area contributed by atoms with E-state index in [1.165, 1.54) is 0 Å². The third kappa shape index (κ3) is 0.604. The predicted molar refractivity (Wildman–Crippen MR) is 35.2 cm³/mol. The second kappa shape index (κ2) is 1.49. The molecule has 0 amide bonds. The SMILES string of the molecule is C1[C@@H]2O[C@@H]2[C@H]2C[C@H]3O[C@H]3[C@@H]1O2. The van der Waals surface area contributed by atoms with Crippen molar-refractivity contribution in [1.29, 1.82) is 0 Å². The van der Waals surface area contributed by atoms with Gasteiger partial charge in [-0.25, -0.2) is 0 Å². The Morgan fingerprint density at radius 2 is 1.09 bits per heavy atom. The van der Waals surface area contributed by atoms with Gasteiger partial charge in [-0.05, 0) is 0 Å². The fraction of sp³-hybridized carbons (Fsp3) is 1.00. The summed E-state index contributed by atoms with van der Waals surface area (Å²) in [5.74, 6) is 0. The molecular weight excluding hydrogens is 144 g/mol. The molecule has 4 aliphatic rings. The van der Waals surface area contributed by atoms with E-state index in [-0.39, 0.29) is 0 Å². The zero-order chi connectivity index (χ0) is 7.00. The average molecular weight is 154 g/mol. The van der Waals surface area contributed by atoms with Gasteiger partial charge in [0.05, 0.1) is 24.4 Å². The van der Waals surface area contributed by atoms with Crippen LogP contribution in [-0.2, 0) is 14.2 Å². The van der Waals surface area contributed by atoms with E-state index in [9.17, 15) is 0 Å². The summed E-state index contributed by atoms with van der Waals surface area (Å²) in [5, 5.41) is 0. The Kier molecular flexibility index (Phi) is 0.746. The van der Waals surface area contributed by atoms with Gasteiger partial charge >= 0.3 is 0 Å². The molecule has 0 N–H and O–H groups in total. The lowest BCUT2D eigenvalue weighted by molar-refractivity contribution is -0.0603. The van der Waals surface area contributed by atoms with E-state index in [0.717, 1.165) is 12.8 Å². The molecule has 0 aromatic heterocycles. The van der Waals surface area contributed by atoms with Gasteiger partial charge in [-0.15, -0.1) is 0 Å². The van der Waals surface area contributed by atoms with Crippen LogP contribution in [0.25, 0.3) is 0 Å². The largest absolute Gasteiger partial charge is 0.369 e. The molecule has 0 aliphatic carbocycles. The third-order valence-corrected chi connectivity index (χ3v) is 3.26. The topological polar surface area (TPSA) is 34.3 Å². The molecule has 0 unspecified atom stereocenters. The second-order valence-electron chi connectivity index (χ2n) is 3.96. The van der Waals surface area contributed by atoms with E-state index >= 15 is 0 Å². The third-order valence-electron chi connectivity index (χ3n) is 3.26. The van der Waals surface area contributed by atoms with E-state index in [4.69, 9.17) is 14.2 Å². The number of fused-ring (bicyclic) bond motifs is 6. The van der Waals surface area contributed by atoms with Gasteiger partial charge in [-0.1, -0.05) is 0 Å². The average Bonchev–Trinajstić information content (AvgIpc) is 2.73. The van der Waals surface area contributed by atoms with E-state index in [1.54, 1.807) is 0 Å². The highest BCUT2D eigenvalue weighted by molar-refractivity contribution is 5.09. The molecule has 4 fully saturated rings.